The fraction of sp³-hybridized carbons (Fsp3) is 0.167. The number of fused-ring (bicyclic) bond motifs is 1. The molecule has 12 heteroatoms. The summed E-state index contributed by atoms with van der Waals surface area (Å²) in [4.78, 5) is 25.6. The number of carbonyl (C=O) groups is 2. The molecule has 1 unspecified atom stereocenters. The lowest BCUT2D eigenvalue weighted by molar-refractivity contribution is -0.122. The number of nitrogens with zero attached hydrogens (tertiary/aromatic N) is 1. The van der Waals surface area contributed by atoms with Crippen molar-refractivity contribution in [2.75, 3.05) is 14.9 Å². The molecule has 2 amide bonds. The summed E-state index contributed by atoms with van der Waals surface area (Å²) >= 11 is 12.4. The number of hydrogen-bond acceptors (Lipinski definition) is 4. The summed E-state index contributed by atoms with van der Waals surface area (Å²) < 4.78 is 56.0. The number of hydrogen-bond donors (Lipinski definition) is 2. The summed E-state index contributed by atoms with van der Waals surface area (Å²) in [6, 6.07) is 7.95. The number of sulfonamides is 1. The quantitative estimate of drug-likeness (QED) is 0.440. The van der Waals surface area contributed by atoms with Crippen molar-refractivity contribution < 1.29 is 26.8 Å². The summed E-state index contributed by atoms with van der Waals surface area (Å²) in [6.45, 7) is 3.18. The van der Waals surface area contributed by atoms with E-state index in [0.29, 0.717) is 11.1 Å². The van der Waals surface area contributed by atoms with Crippen LogP contribution in [0.3, 0.4) is 0 Å². The van der Waals surface area contributed by atoms with Gasteiger partial charge >= 0.3 is 0 Å². The third kappa shape index (κ3) is 4.76. The number of rotatable bonds is 5. The Morgan fingerprint density at radius 1 is 1.06 bits per heavy atom. The van der Waals surface area contributed by atoms with E-state index in [1.54, 1.807) is 6.92 Å². The zero-order valence-electron chi connectivity index (χ0n) is 18.9. The number of halogens is 4. The van der Waals surface area contributed by atoms with Crippen LogP contribution in [0.1, 0.15) is 17.5 Å². The van der Waals surface area contributed by atoms with E-state index in [1.807, 2.05) is 0 Å². The molecule has 1 aliphatic rings. The Morgan fingerprint density at radius 2 is 1.72 bits per heavy atom. The monoisotopic (exact) mass is 553 g/mol. The number of benzene rings is 3. The second-order valence-electron chi connectivity index (χ2n) is 8.16. The molecule has 0 bridgehead atoms. The summed E-state index contributed by atoms with van der Waals surface area (Å²) in [5, 5.41) is 5.04. The molecule has 7 nitrogen and oxygen atoms in total. The molecule has 2 N–H and O–H groups in total. The average molecular weight is 554 g/mol. The van der Waals surface area contributed by atoms with Gasteiger partial charge in [0.1, 0.15) is 22.6 Å². The Bertz CT molecular complexity index is 1520. The van der Waals surface area contributed by atoms with Gasteiger partial charge in [0.2, 0.25) is 11.8 Å². The van der Waals surface area contributed by atoms with Crippen LogP contribution in [0.5, 0.6) is 0 Å². The Hall–Kier alpha value is -3.21. The molecule has 0 radical (unpaired) electrons. The number of anilines is 3. The highest BCUT2D eigenvalue weighted by atomic mass is 35.5. The fourth-order valence-electron chi connectivity index (χ4n) is 3.81. The standard InChI is InChI=1S/C24H19Cl2F2N3O4S/c1-12-3-4-14(27)9-17(12)29-22(32)11-20-24(33)30-18-10-15(28)5-7-19(18)31(20)36(34,35)21-8-6-16(25)13(2)23(21)26/h3-10,20H,11H2,1-2H3,(H,29,32)(H,30,33). The highest BCUT2D eigenvalue weighted by Crippen LogP contribution is 2.40. The van der Waals surface area contributed by atoms with E-state index in [9.17, 15) is 26.8 Å². The smallest absolute Gasteiger partial charge is 0.266 e. The van der Waals surface area contributed by atoms with Gasteiger partial charge in [-0.3, -0.25) is 13.9 Å². The molecule has 0 saturated heterocycles. The van der Waals surface area contributed by atoms with E-state index >= 15 is 0 Å². The molecule has 3 aromatic carbocycles. The molecule has 36 heavy (non-hydrogen) atoms. The number of aryl methyl sites for hydroxylation is 1. The zero-order valence-corrected chi connectivity index (χ0v) is 21.2. The third-order valence-corrected chi connectivity index (χ3v) is 8.59. The largest absolute Gasteiger partial charge is 0.326 e. The molecule has 3 aromatic rings. The molecule has 0 spiro atoms. The van der Waals surface area contributed by atoms with Gasteiger partial charge in [0.15, 0.2) is 0 Å². The van der Waals surface area contributed by atoms with Crippen LogP contribution < -0.4 is 14.9 Å². The molecular formula is C24H19Cl2F2N3O4S. The van der Waals surface area contributed by atoms with Gasteiger partial charge in [0, 0.05) is 10.7 Å². The van der Waals surface area contributed by atoms with Gasteiger partial charge in [-0.25, -0.2) is 17.2 Å². The van der Waals surface area contributed by atoms with Crippen molar-refractivity contribution in [3.8, 4) is 0 Å². The van der Waals surface area contributed by atoms with Gasteiger partial charge in [-0.2, -0.15) is 0 Å². The van der Waals surface area contributed by atoms with Crippen LogP contribution in [0, 0.1) is 25.5 Å². The van der Waals surface area contributed by atoms with Gasteiger partial charge in [-0.1, -0.05) is 29.3 Å². The molecule has 0 aromatic heterocycles. The van der Waals surface area contributed by atoms with E-state index < -0.39 is 45.9 Å². The maximum Gasteiger partial charge on any atom is 0.266 e. The molecule has 1 heterocycles. The minimum absolute atomic E-state index is 0.0561. The molecule has 1 atom stereocenters. The number of carbonyl (C=O) groups excluding carboxylic acids is 2. The van der Waals surface area contributed by atoms with Gasteiger partial charge in [0.25, 0.3) is 10.0 Å². The normalized spacial score (nSPS) is 15.3. The summed E-state index contributed by atoms with van der Waals surface area (Å²) in [5.74, 6) is -2.89. The van der Waals surface area contributed by atoms with Gasteiger partial charge in [0.05, 0.1) is 22.8 Å². The lowest BCUT2D eigenvalue weighted by Crippen LogP contribution is -2.52. The van der Waals surface area contributed by atoms with E-state index in [1.165, 1.54) is 37.3 Å². The van der Waals surface area contributed by atoms with Crippen molar-refractivity contribution in [1.82, 2.24) is 0 Å². The lowest BCUT2D eigenvalue weighted by atomic mass is 10.1. The van der Waals surface area contributed by atoms with Gasteiger partial charge in [-0.15, -0.1) is 0 Å². The SMILES string of the molecule is Cc1ccc(F)cc1NC(=O)CC1C(=O)Nc2cc(F)ccc2N1S(=O)(=O)c1ccc(Cl)c(C)c1Cl. The van der Waals surface area contributed by atoms with Crippen molar-refractivity contribution in [3.05, 3.63) is 81.3 Å². The van der Waals surface area contributed by atoms with Crippen LogP contribution in [0.2, 0.25) is 10.0 Å². The van der Waals surface area contributed by atoms with Crippen LogP contribution in [0.4, 0.5) is 25.8 Å². The van der Waals surface area contributed by atoms with Crippen LogP contribution >= 0.6 is 23.2 Å². The zero-order chi connectivity index (χ0) is 26.4. The second kappa shape index (κ2) is 9.68. The van der Waals surface area contributed by atoms with E-state index in [4.69, 9.17) is 23.2 Å². The molecule has 188 valence electrons. The first-order valence-electron chi connectivity index (χ1n) is 10.6. The summed E-state index contributed by atoms with van der Waals surface area (Å²) in [5.41, 5.74) is 0.884. The Kier molecular flexibility index (Phi) is 6.96. The second-order valence-corrected chi connectivity index (χ2v) is 10.7. The predicted molar refractivity (Wildman–Crippen MR) is 134 cm³/mol. The fourth-order valence-corrected chi connectivity index (χ4v) is 6.23. The summed E-state index contributed by atoms with van der Waals surface area (Å²) in [7, 11) is -4.55. The highest BCUT2D eigenvalue weighted by molar-refractivity contribution is 7.93. The molecular weight excluding hydrogens is 535 g/mol. The highest BCUT2D eigenvalue weighted by Gasteiger charge is 2.43. The van der Waals surface area contributed by atoms with Crippen LogP contribution in [0.15, 0.2) is 53.4 Å². The Balaban J connectivity index is 1.79. The molecule has 0 saturated carbocycles. The Labute approximate surface area is 216 Å². The lowest BCUT2D eigenvalue weighted by Gasteiger charge is -2.37. The van der Waals surface area contributed by atoms with E-state index in [2.05, 4.69) is 10.6 Å². The first-order chi connectivity index (χ1) is 16.9. The van der Waals surface area contributed by atoms with Crippen LogP contribution in [0.25, 0.3) is 0 Å². The number of amides is 2. The minimum Gasteiger partial charge on any atom is -0.326 e. The van der Waals surface area contributed by atoms with Crippen LogP contribution in [-0.2, 0) is 19.6 Å². The van der Waals surface area contributed by atoms with Crippen molar-refractivity contribution in [3.63, 3.8) is 0 Å². The van der Waals surface area contributed by atoms with Crippen LogP contribution in [-0.4, -0.2) is 26.3 Å². The predicted octanol–water partition coefficient (Wildman–Crippen LogP) is 5.43. The average Bonchev–Trinajstić information content (AvgIpc) is 2.80. The van der Waals surface area contributed by atoms with Crippen molar-refractivity contribution in [1.29, 1.82) is 0 Å². The van der Waals surface area contributed by atoms with Crippen molar-refractivity contribution in [2.45, 2.75) is 31.2 Å². The first kappa shape index (κ1) is 25.9. The minimum atomic E-state index is -4.55. The van der Waals surface area contributed by atoms with Gasteiger partial charge in [-0.05, 0) is 67.4 Å². The third-order valence-electron chi connectivity index (χ3n) is 5.71. The Morgan fingerprint density at radius 3 is 2.44 bits per heavy atom. The topological polar surface area (TPSA) is 95.6 Å². The van der Waals surface area contributed by atoms with E-state index in [-0.39, 0.29) is 32.0 Å². The first-order valence-corrected chi connectivity index (χ1v) is 12.7. The van der Waals surface area contributed by atoms with Crippen molar-refractivity contribution in [2.24, 2.45) is 0 Å². The molecule has 4 rings (SSSR count). The maximum atomic E-state index is 13.9. The molecule has 0 fully saturated rings. The maximum absolute atomic E-state index is 13.9. The molecule has 1 aliphatic heterocycles. The van der Waals surface area contributed by atoms with Crippen molar-refractivity contribution >= 4 is 62.1 Å². The number of nitrogens with one attached hydrogen (secondary N) is 2. The molecule has 0 aliphatic carbocycles. The summed E-state index contributed by atoms with van der Waals surface area (Å²) in [6.07, 6.45) is -0.623. The van der Waals surface area contributed by atoms with Gasteiger partial charge < -0.3 is 10.6 Å². The van der Waals surface area contributed by atoms with E-state index in [0.717, 1.165) is 22.5 Å².